The lowest BCUT2D eigenvalue weighted by molar-refractivity contribution is 0.100. The lowest BCUT2D eigenvalue weighted by Gasteiger charge is -2.37. The molecule has 0 radical (unpaired) electrons. The zero-order chi connectivity index (χ0) is 13.8. The number of hydrogen-bond acceptors (Lipinski definition) is 3. The van der Waals surface area contributed by atoms with Crippen LogP contribution < -0.4 is 16.4 Å². The van der Waals surface area contributed by atoms with Crippen LogP contribution in [0.4, 0.5) is 5.69 Å². The van der Waals surface area contributed by atoms with E-state index in [0.29, 0.717) is 17.6 Å². The topological polar surface area (TPSA) is 72.3 Å². The van der Waals surface area contributed by atoms with Gasteiger partial charge in [0.1, 0.15) is 0 Å². The van der Waals surface area contributed by atoms with Gasteiger partial charge in [0, 0.05) is 29.9 Å². The molecule has 4 heteroatoms. The smallest absolute Gasteiger partial charge is 0.248 e. The number of primary amides is 1. The van der Waals surface area contributed by atoms with Crippen molar-refractivity contribution in [3.05, 3.63) is 29.8 Å². The average Bonchev–Trinajstić information content (AvgIpc) is 2.42. The van der Waals surface area contributed by atoms with Gasteiger partial charge >= 0.3 is 0 Å². The van der Waals surface area contributed by atoms with Crippen molar-refractivity contribution in [1.82, 2.24) is 0 Å². The molecule has 104 valence electrons. The molecule has 1 fully saturated rings. The minimum atomic E-state index is -0.377. The van der Waals surface area contributed by atoms with Crippen LogP contribution in [0.5, 0.6) is 0 Å². The van der Waals surface area contributed by atoms with Crippen LogP contribution in [0.1, 0.15) is 43.0 Å². The number of rotatable bonds is 4. The zero-order valence-corrected chi connectivity index (χ0v) is 11.5. The molecule has 2 rings (SSSR count). The van der Waals surface area contributed by atoms with E-state index in [1.807, 2.05) is 12.1 Å². The monoisotopic (exact) mass is 261 g/mol. The molecular formula is C15H23N3O. The van der Waals surface area contributed by atoms with Gasteiger partial charge in [0.25, 0.3) is 0 Å². The molecule has 1 aromatic rings. The van der Waals surface area contributed by atoms with Crippen molar-refractivity contribution in [1.29, 1.82) is 0 Å². The second kappa shape index (κ2) is 6.06. The molecule has 1 aliphatic carbocycles. The van der Waals surface area contributed by atoms with Crippen molar-refractivity contribution in [3.63, 3.8) is 0 Å². The first kappa shape index (κ1) is 13.9. The molecule has 0 unspecified atom stereocenters. The molecule has 19 heavy (non-hydrogen) atoms. The summed E-state index contributed by atoms with van der Waals surface area (Å²) < 4.78 is 0. The Morgan fingerprint density at radius 2 is 1.79 bits per heavy atom. The summed E-state index contributed by atoms with van der Waals surface area (Å²) in [5, 5.41) is 0. The van der Waals surface area contributed by atoms with Crippen molar-refractivity contribution in [3.8, 4) is 0 Å². The molecule has 0 spiro atoms. The molecule has 1 aromatic carbocycles. The Morgan fingerprint density at radius 1 is 1.21 bits per heavy atom. The molecule has 0 bridgehead atoms. The summed E-state index contributed by atoms with van der Waals surface area (Å²) >= 11 is 0. The molecule has 1 amide bonds. The van der Waals surface area contributed by atoms with Gasteiger partial charge < -0.3 is 16.4 Å². The standard InChI is InChI=1S/C15H23N3O/c1-2-18(14-9-5-12(16)6-10-14)13-7-3-11(4-8-13)15(17)19/h3-4,7-8,12,14H,2,5-6,9-10,16H2,1H3,(H2,17,19). The summed E-state index contributed by atoms with van der Waals surface area (Å²) in [6, 6.07) is 8.50. The molecule has 0 aliphatic heterocycles. The first-order chi connectivity index (χ1) is 9.11. The average molecular weight is 261 g/mol. The maximum absolute atomic E-state index is 11.1. The van der Waals surface area contributed by atoms with Gasteiger partial charge in [0.2, 0.25) is 5.91 Å². The first-order valence-electron chi connectivity index (χ1n) is 7.04. The quantitative estimate of drug-likeness (QED) is 0.869. The number of carbonyl (C=O) groups excluding carboxylic acids is 1. The van der Waals surface area contributed by atoms with Crippen molar-refractivity contribution in [2.75, 3.05) is 11.4 Å². The van der Waals surface area contributed by atoms with E-state index in [1.165, 1.54) is 0 Å². The predicted octanol–water partition coefficient (Wildman–Crippen LogP) is 1.88. The van der Waals surface area contributed by atoms with Gasteiger partial charge in [-0.2, -0.15) is 0 Å². The second-order valence-corrected chi connectivity index (χ2v) is 5.27. The normalized spacial score (nSPS) is 23.1. The van der Waals surface area contributed by atoms with Crippen LogP contribution in [-0.4, -0.2) is 24.5 Å². The number of hydrogen-bond donors (Lipinski definition) is 2. The zero-order valence-electron chi connectivity index (χ0n) is 11.5. The van der Waals surface area contributed by atoms with Crippen LogP contribution >= 0.6 is 0 Å². The first-order valence-corrected chi connectivity index (χ1v) is 7.04. The second-order valence-electron chi connectivity index (χ2n) is 5.27. The van der Waals surface area contributed by atoms with E-state index in [-0.39, 0.29) is 5.91 Å². The number of nitrogens with two attached hydrogens (primary N) is 2. The molecular weight excluding hydrogens is 238 g/mol. The number of benzene rings is 1. The third-order valence-electron chi connectivity index (χ3n) is 4.01. The molecule has 0 aromatic heterocycles. The Balaban J connectivity index is 2.10. The SMILES string of the molecule is CCN(c1ccc(C(N)=O)cc1)C1CCC(N)CC1. The summed E-state index contributed by atoms with van der Waals surface area (Å²) in [6.45, 7) is 3.13. The van der Waals surface area contributed by atoms with Crippen molar-refractivity contribution in [2.24, 2.45) is 11.5 Å². The number of anilines is 1. The van der Waals surface area contributed by atoms with Crippen LogP contribution in [0.3, 0.4) is 0 Å². The fourth-order valence-corrected chi connectivity index (χ4v) is 2.88. The number of nitrogens with zero attached hydrogens (tertiary/aromatic N) is 1. The Morgan fingerprint density at radius 3 is 2.26 bits per heavy atom. The summed E-state index contributed by atoms with van der Waals surface area (Å²) in [5.74, 6) is -0.377. The van der Waals surface area contributed by atoms with E-state index in [0.717, 1.165) is 37.9 Å². The predicted molar refractivity (Wildman–Crippen MR) is 78.2 cm³/mol. The summed E-state index contributed by atoms with van der Waals surface area (Å²) in [5.41, 5.74) is 12.9. The minimum Gasteiger partial charge on any atom is -0.369 e. The lowest BCUT2D eigenvalue weighted by Crippen LogP contribution is -2.40. The van der Waals surface area contributed by atoms with Crippen LogP contribution in [0, 0.1) is 0 Å². The lowest BCUT2D eigenvalue weighted by atomic mass is 9.90. The highest BCUT2D eigenvalue weighted by Crippen LogP contribution is 2.27. The van der Waals surface area contributed by atoms with Gasteiger partial charge in [-0.25, -0.2) is 0 Å². The van der Waals surface area contributed by atoms with E-state index in [4.69, 9.17) is 11.5 Å². The molecule has 4 N–H and O–H groups in total. The van der Waals surface area contributed by atoms with Gasteiger partial charge in [-0.15, -0.1) is 0 Å². The summed E-state index contributed by atoms with van der Waals surface area (Å²) in [4.78, 5) is 13.5. The van der Waals surface area contributed by atoms with Crippen LogP contribution in [0.15, 0.2) is 24.3 Å². The number of carbonyl (C=O) groups is 1. The van der Waals surface area contributed by atoms with E-state index >= 15 is 0 Å². The third-order valence-corrected chi connectivity index (χ3v) is 4.01. The Kier molecular flexibility index (Phi) is 4.43. The Hall–Kier alpha value is -1.55. The maximum atomic E-state index is 11.1. The van der Waals surface area contributed by atoms with Gasteiger partial charge in [-0.1, -0.05) is 0 Å². The number of amides is 1. The van der Waals surface area contributed by atoms with E-state index < -0.39 is 0 Å². The molecule has 0 heterocycles. The largest absolute Gasteiger partial charge is 0.369 e. The van der Waals surface area contributed by atoms with Gasteiger partial charge in [-0.05, 0) is 56.9 Å². The molecule has 0 saturated heterocycles. The van der Waals surface area contributed by atoms with Crippen molar-refractivity contribution < 1.29 is 4.79 Å². The molecule has 4 nitrogen and oxygen atoms in total. The summed E-state index contributed by atoms with van der Waals surface area (Å²) in [6.07, 6.45) is 4.49. The van der Waals surface area contributed by atoms with E-state index in [2.05, 4.69) is 11.8 Å². The highest BCUT2D eigenvalue weighted by Gasteiger charge is 2.23. The van der Waals surface area contributed by atoms with Crippen LogP contribution in [0.2, 0.25) is 0 Å². The fourth-order valence-electron chi connectivity index (χ4n) is 2.88. The Labute approximate surface area is 114 Å². The molecule has 1 aliphatic rings. The van der Waals surface area contributed by atoms with E-state index in [1.54, 1.807) is 12.1 Å². The third kappa shape index (κ3) is 3.26. The minimum absolute atomic E-state index is 0.368. The Bertz CT molecular complexity index is 422. The molecule has 0 atom stereocenters. The van der Waals surface area contributed by atoms with Crippen molar-refractivity contribution >= 4 is 11.6 Å². The van der Waals surface area contributed by atoms with Gasteiger partial charge in [0.15, 0.2) is 0 Å². The highest BCUT2D eigenvalue weighted by molar-refractivity contribution is 5.93. The van der Waals surface area contributed by atoms with Crippen molar-refractivity contribution in [2.45, 2.75) is 44.7 Å². The van der Waals surface area contributed by atoms with E-state index in [9.17, 15) is 4.79 Å². The van der Waals surface area contributed by atoms with Crippen LogP contribution in [-0.2, 0) is 0 Å². The van der Waals surface area contributed by atoms with Crippen LogP contribution in [0.25, 0.3) is 0 Å². The summed E-state index contributed by atoms with van der Waals surface area (Å²) in [7, 11) is 0. The van der Waals surface area contributed by atoms with Gasteiger partial charge in [0.05, 0.1) is 0 Å². The van der Waals surface area contributed by atoms with Gasteiger partial charge in [-0.3, -0.25) is 4.79 Å². The fraction of sp³-hybridized carbons (Fsp3) is 0.533. The maximum Gasteiger partial charge on any atom is 0.248 e. The highest BCUT2D eigenvalue weighted by atomic mass is 16.1. The molecule has 1 saturated carbocycles.